The third-order valence-electron chi connectivity index (χ3n) is 6.07. The number of hydrogen-bond donors (Lipinski definition) is 3. The number of aliphatic carboxylic acids is 3. The minimum atomic E-state index is -5.08. The van der Waals surface area contributed by atoms with Gasteiger partial charge < -0.3 is 29.4 Å². The van der Waals surface area contributed by atoms with Gasteiger partial charge >= 0.3 is 36.4 Å². The molecule has 0 unspecified atom stereocenters. The first-order valence-electron chi connectivity index (χ1n) is 12.9. The number of pyridine rings is 1. The van der Waals surface area contributed by atoms with Gasteiger partial charge in [0.2, 0.25) is 0 Å². The van der Waals surface area contributed by atoms with Gasteiger partial charge in [-0.25, -0.2) is 19.4 Å². The van der Waals surface area contributed by atoms with Crippen LogP contribution in [-0.4, -0.2) is 103 Å². The van der Waals surface area contributed by atoms with E-state index in [4.69, 9.17) is 39.2 Å². The molecule has 0 aromatic carbocycles. The van der Waals surface area contributed by atoms with E-state index < -0.39 is 36.4 Å². The molecule has 2 aromatic heterocycles. The first kappa shape index (κ1) is 40.0. The number of halogens is 9. The SMILES string of the molecule is Cn1ccnc1CN1CC[C@@H]2O[C@@H](COCc3ccncc3)CC[C@@H]21.O=C(O)C(F)(F)F.O=C(O)C(F)(F)F.O=C(O)C(F)(F)F. The Balaban J connectivity index is 0.000000413. The van der Waals surface area contributed by atoms with Crippen LogP contribution >= 0.6 is 0 Å². The lowest BCUT2D eigenvalue weighted by Crippen LogP contribution is -2.43. The predicted molar refractivity (Wildman–Crippen MR) is 135 cm³/mol. The Morgan fingerprint density at radius 2 is 1.37 bits per heavy atom. The number of alkyl halides is 9. The summed E-state index contributed by atoms with van der Waals surface area (Å²) in [4.78, 5) is 37.7. The van der Waals surface area contributed by atoms with Crippen molar-refractivity contribution in [2.75, 3.05) is 13.2 Å². The fourth-order valence-electron chi connectivity index (χ4n) is 3.92. The quantitative estimate of drug-likeness (QED) is 0.376. The smallest absolute Gasteiger partial charge is 0.475 e. The monoisotopic (exact) mass is 684 g/mol. The van der Waals surface area contributed by atoms with Gasteiger partial charge in [-0.15, -0.1) is 0 Å². The van der Waals surface area contributed by atoms with Crippen molar-refractivity contribution in [3.63, 3.8) is 0 Å². The Labute approximate surface area is 254 Å². The molecule has 2 fully saturated rings. The molecule has 0 amide bonds. The zero-order valence-electron chi connectivity index (χ0n) is 23.7. The van der Waals surface area contributed by atoms with Gasteiger partial charge in [0.05, 0.1) is 32.0 Å². The van der Waals surface area contributed by atoms with Gasteiger partial charge in [0, 0.05) is 44.4 Å². The number of carboxylic acids is 3. The van der Waals surface area contributed by atoms with Crippen LogP contribution in [0.25, 0.3) is 0 Å². The predicted octanol–water partition coefficient (Wildman–Crippen LogP) is 4.05. The Morgan fingerprint density at radius 1 is 0.870 bits per heavy atom. The first-order valence-corrected chi connectivity index (χ1v) is 12.9. The number of aryl methyl sites for hydroxylation is 1. The summed E-state index contributed by atoms with van der Waals surface area (Å²) in [6, 6.07) is 4.50. The third-order valence-corrected chi connectivity index (χ3v) is 6.07. The summed E-state index contributed by atoms with van der Waals surface area (Å²) in [5, 5.41) is 21.4. The maximum Gasteiger partial charge on any atom is 0.490 e. The molecule has 3 N–H and O–H groups in total. The van der Waals surface area contributed by atoms with Crippen molar-refractivity contribution in [2.45, 2.75) is 69.2 Å². The molecule has 0 saturated carbocycles. The summed E-state index contributed by atoms with van der Waals surface area (Å²) in [5.74, 6) is -7.14. The minimum absolute atomic E-state index is 0.219. The van der Waals surface area contributed by atoms with Crippen LogP contribution in [0, 0.1) is 0 Å². The van der Waals surface area contributed by atoms with E-state index in [1.807, 2.05) is 24.5 Å². The molecular weight excluding hydrogens is 655 g/mol. The van der Waals surface area contributed by atoms with Crippen molar-refractivity contribution >= 4 is 17.9 Å². The summed E-state index contributed by atoms with van der Waals surface area (Å²) in [7, 11) is 2.06. The standard InChI is InChI=1S/C19H26N4O2.3C2HF3O2/c1-22-11-9-21-19(22)12-23-10-6-18-17(23)3-2-16(25-18)14-24-13-15-4-7-20-8-5-15;3*3-2(4,5)1(6)7/h4-5,7-9,11,16-18H,2-3,6,10,12-14H2,1H3;3*(H,6,7)/t16-,17+,18+;;;/m1.../s1. The average molecular weight is 685 g/mol. The van der Waals surface area contributed by atoms with Gasteiger partial charge in [0.1, 0.15) is 5.82 Å². The Kier molecular flexibility index (Phi) is 15.4. The highest BCUT2D eigenvalue weighted by Crippen LogP contribution is 2.32. The van der Waals surface area contributed by atoms with E-state index in [9.17, 15) is 39.5 Å². The molecule has 0 radical (unpaired) electrons. The second-order valence-corrected chi connectivity index (χ2v) is 9.43. The number of likely N-dealkylation sites (tertiary alicyclic amines) is 1. The van der Waals surface area contributed by atoms with E-state index in [0.717, 1.165) is 37.3 Å². The molecule has 2 aromatic rings. The van der Waals surface area contributed by atoms with Crippen LogP contribution in [0.5, 0.6) is 0 Å². The molecule has 2 saturated heterocycles. The zero-order valence-corrected chi connectivity index (χ0v) is 23.7. The van der Waals surface area contributed by atoms with Crippen LogP contribution in [0.1, 0.15) is 30.7 Å². The fourth-order valence-corrected chi connectivity index (χ4v) is 3.92. The highest BCUT2D eigenvalue weighted by atomic mass is 19.4. The summed E-state index contributed by atoms with van der Waals surface area (Å²) >= 11 is 0. The Bertz CT molecular complexity index is 1180. The molecule has 0 bridgehead atoms. The van der Waals surface area contributed by atoms with Crippen LogP contribution in [0.15, 0.2) is 36.9 Å². The third kappa shape index (κ3) is 14.9. The largest absolute Gasteiger partial charge is 0.490 e. The molecule has 0 spiro atoms. The van der Waals surface area contributed by atoms with E-state index in [0.29, 0.717) is 25.4 Å². The number of fused-ring (bicyclic) bond motifs is 1. The van der Waals surface area contributed by atoms with Crippen LogP contribution in [0.4, 0.5) is 39.5 Å². The zero-order chi connectivity index (χ0) is 35.3. The number of carboxylic acid groups (broad SMARTS) is 3. The van der Waals surface area contributed by atoms with Gasteiger partial charge in [-0.2, -0.15) is 39.5 Å². The maximum atomic E-state index is 10.6. The topological polar surface area (TPSA) is 164 Å². The molecular formula is C25H29F9N4O8. The molecule has 21 heteroatoms. The molecule has 4 rings (SSSR count). The van der Waals surface area contributed by atoms with E-state index >= 15 is 0 Å². The summed E-state index contributed by atoms with van der Waals surface area (Å²) in [5.41, 5.74) is 1.16. The number of nitrogens with zero attached hydrogens (tertiary/aromatic N) is 4. The number of aromatic nitrogens is 3. The van der Waals surface area contributed by atoms with E-state index in [2.05, 4.69) is 26.5 Å². The van der Waals surface area contributed by atoms with Gasteiger partial charge in [0.25, 0.3) is 0 Å². The van der Waals surface area contributed by atoms with Crippen molar-refractivity contribution in [1.29, 1.82) is 0 Å². The van der Waals surface area contributed by atoms with Crippen molar-refractivity contribution in [1.82, 2.24) is 19.4 Å². The number of ether oxygens (including phenoxy) is 2. The highest BCUT2D eigenvalue weighted by molar-refractivity contribution is 5.73. The first-order chi connectivity index (χ1) is 21.1. The van der Waals surface area contributed by atoms with Crippen LogP contribution in [0.3, 0.4) is 0 Å². The van der Waals surface area contributed by atoms with Gasteiger partial charge in [-0.05, 0) is 37.0 Å². The second kappa shape index (κ2) is 17.6. The normalized spacial score (nSPS) is 19.7. The lowest BCUT2D eigenvalue weighted by Gasteiger charge is -2.35. The molecule has 12 nitrogen and oxygen atoms in total. The van der Waals surface area contributed by atoms with Crippen molar-refractivity contribution in [2.24, 2.45) is 7.05 Å². The molecule has 4 heterocycles. The van der Waals surface area contributed by atoms with Crippen molar-refractivity contribution in [3.05, 3.63) is 48.3 Å². The molecule has 2 aliphatic heterocycles. The lowest BCUT2D eigenvalue weighted by molar-refractivity contribution is -0.193. The minimum Gasteiger partial charge on any atom is -0.475 e. The van der Waals surface area contributed by atoms with E-state index in [1.54, 1.807) is 12.4 Å². The van der Waals surface area contributed by atoms with E-state index in [1.165, 1.54) is 6.42 Å². The van der Waals surface area contributed by atoms with Crippen LogP contribution in [-0.2, 0) is 44.1 Å². The molecule has 3 atom stereocenters. The maximum absolute atomic E-state index is 10.6. The van der Waals surface area contributed by atoms with Gasteiger partial charge in [-0.1, -0.05) is 0 Å². The lowest BCUT2D eigenvalue weighted by atomic mass is 9.99. The van der Waals surface area contributed by atoms with Crippen LogP contribution < -0.4 is 0 Å². The molecule has 2 aliphatic rings. The number of imidazole rings is 1. The highest BCUT2D eigenvalue weighted by Gasteiger charge is 2.41. The van der Waals surface area contributed by atoms with Gasteiger partial charge in [0.15, 0.2) is 0 Å². The van der Waals surface area contributed by atoms with Crippen LogP contribution in [0.2, 0.25) is 0 Å². The number of hydrogen-bond acceptors (Lipinski definition) is 8. The van der Waals surface area contributed by atoms with Crippen molar-refractivity contribution in [3.8, 4) is 0 Å². The number of carbonyl (C=O) groups is 3. The second-order valence-electron chi connectivity index (χ2n) is 9.43. The van der Waals surface area contributed by atoms with Crippen molar-refractivity contribution < 1.29 is 78.7 Å². The molecule has 260 valence electrons. The van der Waals surface area contributed by atoms with Gasteiger partial charge in [-0.3, -0.25) is 9.88 Å². The average Bonchev–Trinajstić information content (AvgIpc) is 3.54. The summed E-state index contributed by atoms with van der Waals surface area (Å²) in [6.07, 6.45) is -3.86. The number of rotatable bonds is 6. The molecule has 0 aliphatic carbocycles. The summed E-state index contributed by atoms with van der Waals surface area (Å²) < 4.78 is 109. The molecule has 46 heavy (non-hydrogen) atoms. The fraction of sp³-hybridized carbons (Fsp3) is 0.560. The van der Waals surface area contributed by atoms with E-state index in [-0.39, 0.29) is 6.10 Å². The summed E-state index contributed by atoms with van der Waals surface area (Å²) in [6.45, 7) is 3.30. The Hall–Kier alpha value is -3.98. The Morgan fingerprint density at radius 3 is 1.80 bits per heavy atom.